The zero-order valence-electron chi connectivity index (χ0n) is 23.7. The van der Waals surface area contributed by atoms with Crippen LogP contribution in [0.3, 0.4) is 0 Å². The van der Waals surface area contributed by atoms with Crippen molar-refractivity contribution in [3.8, 4) is 0 Å². The summed E-state index contributed by atoms with van der Waals surface area (Å²) in [7, 11) is -3.85. The van der Waals surface area contributed by atoms with Crippen molar-refractivity contribution in [1.29, 1.82) is 0 Å². The van der Waals surface area contributed by atoms with E-state index in [0.717, 1.165) is 0 Å². The third kappa shape index (κ3) is 12.4. The van der Waals surface area contributed by atoms with Crippen molar-refractivity contribution in [1.82, 2.24) is 20.3 Å². The number of amides is 3. The van der Waals surface area contributed by atoms with Gasteiger partial charge in [-0.3, -0.25) is 24.2 Å². The summed E-state index contributed by atoms with van der Waals surface area (Å²) in [6, 6.07) is 6.41. The highest BCUT2D eigenvalue weighted by Gasteiger charge is 2.33. The van der Waals surface area contributed by atoms with Gasteiger partial charge in [0.25, 0.3) is 5.91 Å². The lowest BCUT2D eigenvalue weighted by Crippen LogP contribution is -2.54. The monoisotopic (exact) mass is 611 g/mol. The minimum Gasteiger partial charge on any atom is -0.465 e. The van der Waals surface area contributed by atoms with Crippen LogP contribution in [0.1, 0.15) is 44.6 Å². The smallest absolute Gasteiger partial charge is 0.325 e. The fourth-order valence-corrected chi connectivity index (χ4v) is 5.70. The van der Waals surface area contributed by atoms with Crippen LogP contribution in [0, 0.1) is 0 Å². The Hall–Kier alpha value is -3.76. The van der Waals surface area contributed by atoms with Crippen LogP contribution in [0.15, 0.2) is 35.3 Å². The number of rotatable bonds is 16. The molecule has 0 bridgehead atoms. The van der Waals surface area contributed by atoms with E-state index in [9.17, 15) is 32.7 Å². The van der Waals surface area contributed by atoms with Crippen molar-refractivity contribution in [2.75, 3.05) is 32.8 Å². The molecular weight excluding hydrogens is 570 g/mol. The number of hydrogen-bond donors (Lipinski definition) is 6. The second-order valence-corrected chi connectivity index (χ2v) is 11.5. The standard InChI is InChI=1S/C26H41N7O8S/c1-2-41-22(35)15-30-24(37)23(36)19(12-8-13-29-26(27)28)31-21(34)16-33-14-7-6-11-20(25(33)38)32-42(39,40)17-18-9-4-3-5-10-18/h3-5,9-10,19-20,23,32,36H,2,6-8,11-17H2,1H3,(H,30,37)(H,31,34)(H4,27,28,29). The molecule has 234 valence electrons. The molecule has 1 fully saturated rings. The van der Waals surface area contributed by atoms with Gasteiger partial charge in [-0.2, -0.15) is 0 Å². The zero-order chi connectivity index (χ0) is 31.1. The first-order valence-corrected chi connectivity index (χ1v) is 15.4. The molecule has 0 spiro atoms. The van der Waals surface area contributed by atoms with Gasteiger partial charge in [0.05, 0.1) is 24.9 Å². The van der Waals surface area contributed by atoms with E-state index in [1.54, 1.807) is 37.3 Å². The van der Waals surface area contributed by atoms with E-state index in [2.05, 4.69) is 20.3 Å². The maximum atomic E-state index is 13.2. The predicted octanol–water partition coefficient (Wildman–Crippen LogP) is -1.93. The number of guanidine groups is 1. The van der Waals surface area contributed by atoms with E-state index >= 15 is 0 Å². The average Bonchev–Trinajstić information content (AvgIpc) is 3.09. The number of nitrogens with zero attached hydrogens (tertiary/aromatic N) is 2. The first-order chi connectivity index (χ1) is 19.9. The molecular formula is C26H41N7O8S. The average molecular weight is 612 g/mol. The van der Waals surface area contributed by atoms with Crippen molar-refractivity contribution < 1.29 is 37.4 Å². The van der Waals surface area contributed by atoms with Crippen molar-refractivity contribution >= 4 is 39.7 Å². The summed E-state index contributed by atoms with van der Waals surface area (Å²) in [5.74, 6) is -3.25. The molecule has 0 aliphatic carbocycles. The number of nitrogens with two attached hydrogens (primary N) is 2. The van der Waals surface area contributed by atoms with Crippen LogP contribution in [0.25, 0.3) is 0 Å². The van der Waals surface area contributed by atoms with Gasteiger partial charge in [0.1, 0.15) is 12.6 Å². The Labute approximate surface area is 245 Å². The largest absolute Gasteiger partial charge is 0.465 e. The number of carbonyl (C=O) groups is 4. The lowest BCUT2D eigenvalue weighted by atomic mass is 10.0. The molecule has 0 aromatic heterocycles. The number of sulfonamides is 1. The zero-order valence-corrected chi connectivity index (χ0v) is 24.5. The van der Waals surface area contributed by atoms with Crippen molar-refractivity contribution in [2.45, 2.75) is 63.0 Å². The normalized spacial score (nSPS) is 17.0. The molecule has 15 nitrogen and oxygen atoms in total. The summed E-state index contributed by atoms with van der Waals surface area (Å²) in [5.41, 5.74) is 11.2. The predicted molar refractivity (Wildman–Crippen MR) is 154 cm³/mol. The number of likely N-dealkylation sites (tertiary alicyclic amines) is 1. The Morgan fingerprint density at radius 3 is 2.57 bits per heavy atom. The quantitative estimate of drug-likeness (QED) is 0.0524. The highest BCUT2D eigenvalue weighted by Crippen LogP contribution is 2.15. The molecule has 1 aliphatic rings. The third-order valence-corrected chi connectivity index (χ3v) is 7.67. The molecule has 0 saturated carbocycles. The first-order valence-electron chi connectivity index (χ1n) is 13.7. The molecule has 16 heteroatoms. The Kier molecular flexibility index (Phi) is 14.1. The second-order valence-electron chi connectivity index (χ2n) is 9.76. The summed E-state index contributed by atoms with van der Waals surface area (Å²) in [6.07, 6.45) is 0.0367. The van der Waals surface area contributed by atoms with Crippen LogP contribution in [0.2, 0.25) is 0 Å². The lowest BCUT2D eigenvalue weighted by Gasteiger charge is -2.27. The SMILES string of the molecule is CCOC(=O)CNC(=O)C(O)C(CCCN=C(N)N)NC(=O)CN1CCCCC(NS(=O)(=O)Cc2ccccc2)C1=O. The molecule has 1 saturated heterocycles. The number of ether oxygens (including phenoxy) is 1. The van der Waals surface area contributed by atoms with Gasteiger partial charge in [0.15, 0.2) is 12.1 Å². The number of hydrogen-bond acceptors (Lipinski definition) is 9. The van der Waals surface area contributed by atoms with Crippen LogP contribution in [0.5, 0.6) is 0 Å². The summed E-state index contributed by atoms with van der Waals surface area (Å²) in [6.45, 7) is 1.22. The molecule has 3 amide bonds. The number of nitrogens with one attached hydrogen (secondary N) is 3. The van der Waals surface area contributed by atoms with Crippen LogP contribution >= 0.6 is 0 Å². The molecule has 1 heterocycles. The van der Waals surface area contributed by atoms with Gasteiger partial charge in [0.2, 0.25) is 21.8 Å². The van der Waals surface area contributed by atoms with Crippen LogP contribution in [-0.4, -0.2) is 99.0 Å². The number of benzene rings is 1. The number of carbonyl (C=O) groups excluding carboxylic acids is 4. The van der Waals surface area contributed by atoms with Crippen LogP contribution in [-0.2, 0) is 39.7 Å². The first kappa shape index (κ1) is 34.4. The molecule has 1 aromatic carbocycles. The topological polar surface area (TPSA) is 236 Å². The van der Waals surface area contributed by atoms with E-state index in [-0.39, 0.29) is 44.3 Å². The van der Waals surface area contributed by atoms with Gasteiger partial charge >= 0.3 is 5.97 Å². The highest BCUT2D eigenvalue weighted by molar-refractivity contribution is 7.88. The van der Waals surface area contributed by atoms with Crippen molar-refractivity contribution in [2.24, 2.45) is 16.5 Å². The molecule has 42 heavy (non-hydrogen) atoms. The minimum atomic E-state index is -3.85. The van der Waals surface area contributed by atoms with Crippen molar-refractivity contribution in [3.63, 3.8) is 0 Å². The third-order valence-electron chi connectivity index (χ3n) is 6.31. The van der Waals surface area contributed by atoms with Crippen LogP contribution < -0.4 is 26.8 Å². The van der Waals surface area contributed by atoms with Crippen molar-refractivity contribution in [3.05, 3.63) is 35.9 Å². The summed E-state index contributed by atoms with van der Waals surface area (Å²) in [5, 5.41) is 15.5. The Bertz CT molecular complexity index is 1190. The molecule has 1 aromatic rings. The molecule has 1 aliphatic heterocycles. The van der Waals surface area contributed by atoms with E-state index in [1.807, 2.05) is 0 Å². The molecule has 3 unspecified atom stereocenters. The number of aliphatic hydroxyl groups is 1. The van der Waals surface area contributed by atoms with Gasteiger partial charge in [-0.1, -0.05) is 30.3 Å². The summed E-state index contributed by atoms with van der Waals surface area (Å²) < 4.78 is 32.7. The van der Waals surface area contributed by atoms with Gasteiger partial charge in [-0.05, 0) is 44.6 Å². The van der Waals surface area contributed by atoms with Gasteiger partial charge in [-0.25, -0.2) is 13.1 Å². The summed E-state index contributed by atoms with van der Waals surface area (Å²) >= 11 is 0. The number of aliphatic hydroxyl groups excluding tert-OH is 1. The maximum absolute atomic E-state index is 13.2. The maximum Gasteiger partial charge on any atom is 0.325 e. The minimum absolute atomic E-state index is 0.0897. The second kappa shape index (κ2) is 17.3. The molecule has 0 radical (unpaired) electrons. The number of aliphatic imine (C=N–C) groups is 1. The van der Waals surface area contributed by atoms with E-state index in [1.165, 1.54) is 4.90 Å². The van der Waals surface area contributed by atoms with E-state index < -0.39 is 65.0 Å². The highest BCUT2D eigenvalue weighted by atomic mass is 32.2. The van der Waals surface area contributed by atoms with E-state index in [0.29, 0.717) is 24.8 Å². The lowest BCUT2D eigenvalue weighted by molar-refractivity contribution is -0.145. The fraction of sp³-hybridized carbons (Fsp3) is 0.577. The Balaban J connectivity index is 2.05. The summed E-state index contributed by atoms with van der Waals surface area (Å²) in [4.78, 5) is 55.4. The number of esters is 1. The van der Waals surface area contributed by atoms with Gasteiger partial charge in [0, 0.05) is 13.1 Å². The van der Waals surface area contributed by atoms with E-state index in [4.69, 9.17) is 16.2 Å². The van der Waals surface area contributed by atoms with Gasteiger partial charge < -0.3 is 36.8 Å². The Morgan fingerprint density at radius 2 is 1.90 bits per heavy atom. The molecule has 8 N–H and O–H groups in total. The Morgan fingerprint density at radius 1 is 1.19 bits per heavy atom. The molecule has 3 atom stereocenters. The fourth-order valence-electron chi connectivity index (χ4n) is 4.34. The van der Waals surface area contributed by atoms with Crippen LogP contribution in [0.4, 0.5) is 0 Å². The molecule has 2 rings (SSSR count). The van der Waals surface area contributed by atoms with Gasteiger partial charge in [-0.15, -0.1) is 0 Å².